The summed E-state index contributed by atoms with van der Waals surface area (Å²) in [6, 6.07) is 13.7. The standard InChI is InChI=1S/C18H20N4O4/c1-21(2)17(23)12-16(13-7-4-3-5-8-13)20-18(24)19-14-9-6-10-15(11-14)22(25)26/h3-11,16H,12H2,1-2H3,(H2,19,20,24). The second-order valence-electron chi connectivity index (χ2n) is 5.86. The van der Waals surface area contributed by atoms with Crippen molar-refractivity contribution in [1.82, 2.24) is 10.2 Å². The summed E-state index contributed by atoms with van der Waals surface area (Å²) >= 11 is 0. The highest BCUT2D eigenvalue weighted by molar-refractivity contribution is 5.90. The quantitative estimate of drug-likeness (QED) is 0.613. The van der Waals surface area contributed by atoms with Crippen LogP contribution in [-0.4, -0.2) is 35.9 Å². The fourth-order valence-corrected chi connectivity index (χ4v) is 2.32. The molecule has 2 aromatic carbocycles. The smallest absolute Gasteiger partial charge is 0.319 e. The monoisotopic (exact) mass is 356 g/mol. The number of hydrogen-bond acceptors (Lipinski definition) is 4. The van der Waals surface area contributed by atoms with Crippen LogP contribution in [0.5, 0.6) is 0 Å². The first-order valence-corrected chi connectivity index (χ1v) is 7.94. The van der Waals surface area contributed by atoms with Gasteiger partial charge in [0.15, 0.2) is 0 Å². The molecule has 136 valence electrons. The van der Waals surface area contributed by atoms with Crippen molar-refractivity contribution in [2.24, 2.45) is 0 Å². The van der Waals surface area contributed by atoms with Gasteiger partial charge in [-0.15, -0.1) is 0 Å². The summed E-state index contributed by atoms with van der Waals surface area (Å²) in [5, 5.41) is 16.1. The predicted octanol–water partition coefficient (Wildman–Crippen LogP) is 2.94. The van der Waals surface area contributed by atoms with E-state index in [0.717, 1.165) is 5.56 Å². The Bertz CT molecular complexity index is 793. The molecular weight excluding hydrogens is 336 g/mol. The SMILES string of the molecule is CN(C)C(=O)CC(NC(=O)Nc1cccc([N+](=O)[O-])c1)c1ccccc1. The molecule has 8 nitrogen and oxygen atoms in total. The molecule has 0 aliphatic heterocycles. The molecule has 26 heavy (non-hydrogen) atoms. The number of nitro groups is 1. The number of non-ortho nitro benzene ring substituents is 1. The number of nitrogens with one attached hydrogen (secondary N) is 2. The highest BCUT2D eigenvalue weighted by Gasteiger charge is 2.19. The number of benzene rings is 2. The molecule has 0 bridgehead atoms. The van der Waals surface area contributed by atoms with Gasteiger partial charge in [-0.3, -0.25) is 14.9 Å². The van der Waals surface area contributed by atoms with Crippen LogP contribution in [0.15, 0.2) is 54.6 Å². The van der Waals surface area contributed by atoms with Crippen LogP contribution in [-0.2, 0) is 4.79 Å². The number of rotatable bonds is 6. The van der Waals surface area contributed by atoms with E-state index in [1.54, 1.807) is 20.2 Å². The molecule has 2 rings (SSSR count). The van der Waals surface area contributed by atoms with E-state index in [0.29, 0.717) is 5.69 Å². The molecule has 0 heterocycles. The molecule has 0 radical (unpaired) electrons. The first-order chi connectivity index (χ1) is 12.4. The molecule has 0 aliphatic rings. The highest BCUT2D eigenvalue weighted by Crippen LogP contribution is 2.19. The zero-order valence-electron chi connectivity index (χ0n) is 14.5. The van der Waals surface area contributed by atoms with Crippen molar-refractivity contribution in [2.45, 2.75) is 12.5 Å². The van der Waals surface area contributed by atoms with E-state index in [9.17, 15) is 19.7 Å². The number of carbonyl (C=O) groups excluding carboxylic acids is 2. The van der Waals surface area contributed by atoms with Gasteiger partial charge in [-0.25, -0.2) is 4.79 Å². The minimum absolute atomic E-state index is 0.0966. The average molecular weight is 356 g/mol. The Labute approximate surface area is 151 Å². The van der Waals surface area contributed by atoms with Gasteiger partial charge in [0, 0.05) is 31.9 Å². The fraction of sp³-hybridized carbons (Fsp3) is 0.222. The summed E-state index contributed by atoms with van der Waals surface area (Å²) in [7, 11) is 3.29. The Morgan fingerprint density at radius 3 is 2.42 bits per heavy atom. The number of anilines is 1. The lowest BCUT2D eigenvalue weighted by molar-refractivity contribution is -0.384. The van der Waals surface area contributed by atoms with Gasteiger partial charge < -0.3 is 15.5 Å². The van der Waals surface area contributed by atoms with E-state index in [1.165, 1.54) is 23.1 Å². The van der Waals surface area contributed by atoms with Crippen molar-refractivity contribution < 1.29 is 14.5 Å². The van der Waals surface area contributed by atoms with Crippen molar-refractivity contribution in [2.75, 3.05) is 19.4 Å². The normalized spacial score (nSPS) is 11.3. The summed E-state index contributed by atoms with van der Waals surface area (Å²) in [6.45, 7) is 0. The first kappa shape index (κ1) is 18.9. The molecule has 1 atom stereocenters. The molecule has 1 unspecified atom stereocenters. The lowest BCUT2D eigenvalue weighted by Crippen LogP contribution is -2.36. The Kier molecular flexibility index (Phi) is 6.26. The maximum atomic E-state index is 12.3. The third kappa shape index (κ3) is 5.30. The van der Waals surface area contributed by atoms with Crippen molar-refractivity contribution in [3.8, 4) is 0 Å². The molecule has 0 aromatic heterocycles. The zero-order chi connectivity index (χ0) is 19.1. The topological polar surface area (TPSA) is 105 Å². The molecule has 2 N–H and O–H groups in total. The van der Waals surface area contributed by atoms with Gasteiger partial charge in [0.05, 0.1) is 17.4 Å². The number of hydrogen-bond donors (Lipinski definition) is 2. The average Bonchev–Trinajstić information content (AvgIpc) is 2.61. The van der Waals surface area contributed by atoms with Gasteiger partial charge in [-0.05, 0) is 11.6 Å². The number of nitro benzene ring substituents is 1. The summed E-state index contributed by atoms with van der Waals surface area (Å²) in [5.41, 5.74) is 0.963. The van der Waals surface area contributed by atoms with Crippen molar-refractivity contribution >= 4 is 23.3 Å². The maximum absolute atomic E-state index is 12.3. The van der Waals surface area contributed by atoms with E-state index in [-0.39, 0.29) is 18.0 Å². The van der Waals surface area contributed by atoms with Gasteiger partial charge in [0.2, 0.25) is 5.91 Å². The van der Waals surface area contributed by atoms with Gasteiger partial charge >= 0.3 is 6.03 Å². The number of urea groups is 1. The molecule has 2 aromatic rings. The zero-order valence-corrected chi connectivity index (χ0v) is 14.5. The summed E-state index contributed by atoms with van der Waals surface area (Å²) in [4.78, 5) is 36.1. The van der Waals surface area contributed by atoms with Crippen molar-refractivity contribution in [3.05, 3.63) is 70.3 Å². The third-order valence-electron chi connectivity index (χ3n) is 3.70. The number of amides is 3. The van der Waals surface area contributed by atoms with Crippen LogP contribution >= 0.6 is 0 Å². The fourth-order valence-electron chi connectivity index (χ4n) is 2.32. The van der Waals surface area contributed by atoms with Crippen molar-refractivity contribution in [1.29, 1.82) is 0 Å². The van der Waals surface area contributed by atoms with Crippen LogP contribution in [0.3, 0.4) is 0 Å². The second-order valence-corrected chi connectivity index (χ2v) is 5.86. The van der Waals surface area contributed by atoms with E-state index < -0.39 is 17.0 Å². The van der Waals surface area contributed by atoms with Crippen LogP contribution in [0.2, 0.25) is 0 Å². The Morgan fingerprint density at radius 2 is 1.81 bits per heavy atom. The van der Waals surface area contributed by atoms with Crippen LogP contribution in [0, 0.1) is 10.1 Å². The van der Waals surface area contributed by atoms with E-state index in [4.69, 9.17) is 0 Å². The van der Waals surface area contributed by atoms with Gasteiger partial charge in [0.25, 0.3) is 5.69 Å². The largest absolute Gasteiger partial charge is 0.349 e. The number of carbonyl (C=O) groups is 2. The minimum atomic E-state index is -0.550. The second kappa shape index (κ2) is 8.61. The number of nitrogens with zero attached hydrogens (tertiary/aromatic N) is 2. The van der Waals surface area contributed by atoms with E-state index >= 15 is 0 Å². The summed E-state index contributed by atoms with van der Waals surface area (Å²) in [5.74, 6) is -0.130. The Hall–Kier alpha value is -3.42. The highest BCUT2D eigenvalue weighted by atomic mass is 16.6. The predicted molar refractivity (Wildman–Crippen MR) is 97.7 cm³/mol. The van der Waals surface area contributed by atoms with E-state index in [1.807, 2.05) is 30.3 Å². The van der Waals surface area contributed by atoms with Crippen LogP contribution in [0.25, 0.3) is 0 Å². The van der Waals surface area contributed by atoms with Gasteiger partial charge in [-0.2, -0.15) is 0 Å². The molecule has 0 saturated heterocycles. The summed E-state index contributed by atoms with van der Waals surface area (Å²) in [6.07, 6.45) is 0.0966. The lowest BCUT2D eigenvalue weighted by Gasteiger charge is -2.21. The molecule has 0 spiro atoms. The van der Waals surface area contributed by atoms with Crippen LogP contribution < -0.4 is 10.6 Å². The van der Waals surface area contributed by atoms with Crippen LogP contribution in [0.4, 0.5) is 16.2 Å². The molecule has 0 fully saturated rings. The molecule has 3 amide bonds. The van der Waals surface area contributed by atoms with E-state index in [2.05, 4.69) is 10.6 Å². The molecule has 8 heteroatoms. The molecule has 0 saturated carbocycles. The Balaban J connectivity index is 2.12. The maximum Gasteiger partial charge on any atom is 0.319 e. The van der Waals surface area contributed by atoms with Crippen LogP contribution in [0.1, 0.15) is 18.0 Å². The summed E-state index contributed by atoms with van der Waals surface area (Å²) < 4.78 is 0. The third-order valence-corrected chi connectivity index (χ3v) is 3.70. The van der Waals surface area contributed by atoms with Gasteiger partial charge in [-0.1, -0.05) is 36.4 Å². The first-order valence-electron chi connectivity index (χ1n) is 7.94. The lowest BCUT2D eigenvalue weighted by atomic mass is 10.0. The Morgan fingerprint density at radius 1 is 1.12 bits per heavy atom. The minimum Gasteiger partial charge on any atom is -0.349 e. The van der Waals surface area contributed by atoms with Gasteiger partial charge in [0.1, 0.15) is 0 Å². The molecule has 0 aliphatic carbocycles. The van der Waals surface area contributed by atoms with Crippen molar-refractivity contribution in [3.63, 3.8) is 0 Å². The molecular formula is C18H20N4O4.